The molecule has 0 aliphatic carbocycles. The van der Waals surface area contributed by atoms with E-state index >= 15 is 0 Å². The molecule has 1 unspecified atom stereocenters. The molecule has 7 nitrogen and oxygen atoms in total. The lowest BCUT2D eigenvalue weighted by atomic mass is 9.87. The van der Waals surface area contributed by atoms with Gasteiger partial charge in [-0.25, -0.2) is 4.98 Å². The average molecular weight is 508 g/mol. The van der Waals surface area contributed by atoms with E-state index < -0.39 is 0 Å². The lowest BCUT2D eigenvalue weighted by molar-refractivity contribution is -0.113. The number of rotatable bonds is 9. The van der Waals surface area contributed by atoms with Gasteiger partial charge in [-0.3, -0.25) is 9.36 Å². The standard InChI is InChI=1S/C26H29N5O2S2/c1-6-15-31-23(17(2)33-19-13-11-18(12-14-19)26(3,4)5)29-30-25(31)34-16-22(32)28-24-27-20-9-7-8-10-21(20)35-24/h6-14,17H,1,15-16H2,2-5H3,(H,27,28,32). The number of anilines is 1. The molecule has 0 fully saturated rings. The van der Waals surface area contributed by atoms with Crippen LogP contribution in [0.2, 0.25) is 0 Å². The van der Waals surface area contributed by atoms with Crippen LogP contribution in [-0.2, 0) is 16.8 Å². The van der Waals surface area contributed by atoms with Crippen molar-refractivity contribution in [1.29, 1.82) is 0 Å². The molecule has 2 aromatic heterocycles. The molecule has 182 valence electrons. The maximum Gasteiger partial charge on any atom is 0.236 e. The van der Waals surface area contributed by atoms with Crippen molar-refractivity contribution in [3.8, 4) is 5.75 Å². The topological polar surface area (TPSA) is 81.9 Å². The number of carbonyl (C=O) groups is 1. The summed E-state index contributed by atoms with van der Waals surface area (Å²) < 4.78 is 9.11. The van der Waals surface area contributed by atoms with Crippen LogP contribution >= 0.6 is 23.1 Å². The molecule has 0 saturated carbocycles. The fourth-order valence-electron chi connectivity index (χ4n) is 3.51. The number of benzene rings is 2. The number of thiazole rings is 1. The molecule has 4 aromatic rings. The fourth-order valence-corrected chi connectivity index (χ4v) is 5.15. The molecule has 1 amide bonds. The van der Waals surface area contributed by atoms with E-state index in [9.17, 15) is 4.79 Å². The lowest BCUT2D eigenvalue weighted by Crippen LogP contribution is -2.15. The third-order valence-electron chi connectivity index (χ3n) is 5.33. The summed E-state index contributed by atoms with van der Waals surface area (Å²) in [6.45, 7) is 12.9. The number of aromatic nitrogens is 4. The number of hydrogen-bond acceptors (Lipinski definition) is 7. The molecule has 0 aliphatic rings. The minimum atomic E-state index is -0.325. The van der Waals surface area contributed by atoms with E-state index in [2.05, 4.69) is 60.0 Å². The Morgan fingerprint density at radius 2 is 1.94 bits per heavy atom. The summed E-state index contributed by atoms with van der Waals surface area (Å²) in [5.74, 6) is 1.49. The summed E-state index contributed by atoms with van der Waals surface area (Å²) in [6.07, 6.45) is 1.46. The second kappa shape index (κ2) is 10.6. The van der Waals surface area contributed by atoms with Crippen molar-refractivity contribution >= 4 is 44.4 Å². The molecule has 0 aliphatic heterocycles. The zero-order valence-corrected chi connectivity index (χ0v) is 21.9. The molecule has 2 heterocycles. The molecular formula is C26H29N5O2S2. The quantitative estimate of drug-likeness (QED) is 0.213. The SMILES string of the molecule is C=CCn1c(SCC(=O)Nc2nc3ccccc3s2)nnc1C(C)Oc1ccc(C(C)(C)C)cc1. The minimum Gasteiger partial charge on any atom is -0.483 e. The first kappa shape index (κ1) is 24.9. The Bertz CT molecular complexity index is 1290. The third kappa shape index (κ3) is 6.10. The zero-order chi connectivity index (χ0) is 25.0. The maximum absolute atomic E-state index is 12.5. The number of fused-ring (bicyclic) bond motifs is 1. The van der Waals surface area contributed by atoms with Crippen molar-refractivity contribution in [2.45, 2.75) is 50.9 Å². The molecule has 2 aromatic carbocycles. The fraction of sp³-hybridized carbons (Fsp3) is 0.308. The summed E-state index contributed by atoms with van der Waals surface area (Å²) in [6, 6.07) is 15.9. The van der Waals surface area contributed by atoms with Gasteiger partial charge in [0, 0.05) is 6.54 Å². The van der Waals surface area contributed by atoms with Gasteiger partial charge in [0.2, 0.25) is 5.91 Å². The Hall–Kier alpha value is -3.17. The van der Waals surface area contributed by atoms with E-state index in [1.807, 2.05) is 47.9 Å². The first-order valence-electron chi connectivity index (χ1n) is 11.3. The van der Waals surface area contributed by atoms with Gasteiger partial charge >= 0.3 is 0 Å². The van der Waals surface area contributed by atoms with Crippen LogP contribution in [0, 0.1) is 0 Å². The smallest absolute Gasteiger partial charge is 0.236 e. The van der Waals surface area contributed by atoms with E-state index in [1.165, 1.54) is 28.7 Å². The van der Waals surface area contributed by atoms with Crippen molar-refractivity contribution in [2.75, 3.05) is 11.1 Å². The van der Waals surface area contributed by atoms with Gasteiger partial charge in [0.15, 0.2) is 22.2 Å². The van der Waals surface area contributed by atoms with Crippen molar-refractivity contribution in [3.05, 3.63) is 72.6 Å². The van der Waals surface area contributed by atoms with Crippen molar-refractivity contribution in [2.24, 2.45) is 0 Å². The van der Waals surface area contributed by atoms with Gasteiger partial charge in [0.05, 0.1) is 16.0 Å². The first-order valence-corrected chi connectivity index (χ1v) is 13.1. The van der Waals surface area contributed by atoms with Crippen LogP contribution in [0.3, 0.4) is 0 Å². The number of nitrogens with one attached hydrogen (secondary N) is 1. The van der Waals surface area contributed by atoms with Crippen LogP contribution < -0.4 is 10.1 Å². The van der Waals surface area contributed by atoms with Gasteiger partial charge in [-0.2, -0.15) is 0 Å². The number of para-hydroxylation sites is 1. The van der Waals surface area contributed by atoms with Crippen molar-refractivity contribution in [1.82, 2.24) is 19.7 Å². The van der Waals surface area contributed by atoms with E-state index in [1.54, 1.807) is 6.08 Å². The van der Waals surface area contributed by atoms with Gasteiger partial charge in [-0.15, -0.1) is 16.8 Å². The van der Waals surface area contributed by atoms with E-state index in [-0.39, 0.29) is 23.2 Å². The highest BCUT2D eigenvalue weighted by Gasteiger charge is 2.21. The molecule has 0 radical (unpaired) electrons. The van der Waals surface area contributed by atoms with Crippen LogP contribution in [-0.4, -0.2) is 31.4 Å². The molecule has 0 bridgehead atoms. The summed E-state index contributed by atoms with van der Waals surface area (Å²) in [5, 5.41) is 12.8. The van der Waals surface area contributed by atoms with E-state index in [0.29, 0.717) is 22.7 Å². The monoisotopic (exact) mass is 507 g/mol. The third-order valence-corrected chi connectivity index (χ3v) is 7.25. The van der Waals surface area contributed by atoms with Gasteiger partial charge in [-0.1, -0.05) is 74.2 Å². The van der Waals surface area contributed by atoms with Crippen LogP contribution in [0.15, 0.2) is 66.3 Å². The number of hydrogen-bond donors (Lipinski definition) is 1. The van der Waals surface area contributed by atoms with Gasteiger partial charge in [0.1, 0.15) is 5.75 Å². The average Bonchev–Trinajstić information content (AvgIpc) is 3.41. The highest BCUT2D eigenvalue weighted by atomic mass is 32.2. The van der Waals surface area contributed by atoms with Gasteiger partial charge in [-0.05, 0) is 42.2 Å². The predicted molar refractivity (Wildman–Crippen MR) is 143 cm³/mol. The summed E-state index contributed by atoms with van der Waals surface area (Å²) >= 11 is 2.78. The van der Waals surface area contributed by atoms with Crippen LogP contribution in [0.25, 0.3) is 10.2 Å². The summed E-state index contributed by atoms with van der Waals surface area (Å²) in [5.41, 5.74) is 2.20. The molecule has 0 spiro atoms. The second-order valence-electron chi connectivity index (χ2n) is 9.10. The molecule has 1 atom stereocenters. The molecule has 35 heavy (non-hydrogen) atoms. The zero-order valence-electron chi connectivity index (χ0n) is 20.3. The van der Waals surface area contributed by atoms with Gasteiger partial charge < -0.3 is 10.1 Å². The Labute approximate surface area is 213 Å². The second-order valence-corrected chi connectivity index (χ2v) is 11.1. The van der Waals surface area contributed by atoms with Crippen LogP contribution in [0.1, 0.15) is 45.2 Å². The lowest BCUT2D eigenvalue weighted by Gasteiger charge is -2.20. The highest BCUT2D eigenvalue weighted by molar-refractivity contribution is 7.99. The van der Waals surface area contributed by atoms with Crippen molar-refractivity contribution in [3.63, 3.8) is 0 Å². The normalized spacial score (nSPS) is 12.5. The van der Waals surface area contributed by atoms with Crippen LogP contribution in [0.4, 0.5) is 5.13 Å². The minimum absolute atomic E-state index is 0.0831. The molecular weight excluding hydrogens is 478 g/mol. The number of ether oxygens (including phenoxy) is 1. The van der Waals surface area contributed by atoms with Gasteiger partial charge in [0.25, 0.3) is 0 Å². The Kier molecular flexibility index (Phi) is 7.57. The number of allylic oxidation sites excluding steroid dienone is 1. The molecule has 9 heteroatoms. The highest BCUT2D eigenvalue weighted by Crippen LogP contribution is 2.29. The number of nitrogens with zero attached hydrogens (tertiary/aromatic N) is 4. The van der Waals surface area contributed by atoms with E-state index in [0.717, 1.165) is 16.0 Å². The first-order chi connectivity index (χ1) is 16.7. The Balaban J connectivity index is 1.40. The maximum atomic E-state index is 12.5. The van der Waals surface area contributed by atoms with Crippen molar-refractivity contribution < 1.29 is 9.53 Å². The number of amides is 1. The molecule has 0 saturated heterocycles. The molecule has 1 N–H and O–H groups in total. The Morgan fingerprint density at radius 1 is 1.20 bits per heavy atom. The number of carbonyl (C=O) groups excluding carboxylic acids is 1. The largest absolute Gasteiger partial charge is 0.483 e. The molecule has 4 rings (SSSR count). The predicted octanol–water partition coefficient (Wildman–Crippen LogP) is 6.24. The summed E-state index contributed by atoms with van der Waals surface area (Å²) in [7, 11) is 0. The van der Waals surface area contributed by atoms with E-state index in [4.69, 9.17) is 4.74 Å². The Morgan fingerprint density at radius 3 is 2.63 bits per heavy atom. The van der Waals surface area contributed by atoms with Crippen LogP contribution in [0.5, 0.6) is 5.75 Å². The number of thioether (sulfide) groups is 1. The summed E-state index contributed by atoms with van der Waals surface area (Å²) in [4.78, 5) is 17.0.